The van der Waals surface area contributed by atoms with E-state index in [0.29, 0.717) is 25.9 Å². The second kappa shape index (κ2) is 12.2. The fourth-order valence-corrected chi connectivity index (χ4v) is 10.2. The molecule has 3 aliphatic heterocycles. The minimum atomic E-state index is -0.785. The summed E-state index contributed by atoms with van der Waals surface area (Å²) < 4.78 is -0.727. The summed E-state index contributed by atoms with van der Waals surface area (Å²) >= 11 is 1.67. The lowest BCUT2D eigenvalue weighted by molar-refractivity contribution is -0.149. The maximum atomic E-state index is 15.0. The monoisotopic (exact) mass is 595 g/mol. The molecular weight excluding hydrogens is 546 g/mol. The largest absolute Gasteiger partial charge is 0.394 e. The van der Waals surface area contributed by atoms with Crippen LogP contribution < -0.4 is 0 Å². The lowest BCUT2D eigenvalue weighted by Crippen LogP contribution is -2.61. The number of benzene rings is 1. The van der Waals surface area contributed by atoms with Crippen molar-refractivity contribution in [3.63, 3.8) is 0 Å². The summed E-state index contributed by atoms with van der Waals surface area (Å²) in [5, 5.41) is 10.7. The van der Waals surface area contributed by atoms with Gasteiger partial charge in [-0.3, -0.25) is 14.4 Å². The third kappa shape index (κ3) is 5.81. The first kappa shape index (κ1) is 32.3. The zero-order valence-electron chi connectivity index (χ0n) is 26.2. The Morgan fingerprint density at radius 1 is 1.12 bits per heavy atom. The van der Waals surface area contributed by atoms with E-state index in [4.69, 9.17) is 0 Å². The molecular formula is C34H49N3O4S. The Hall–Kier alpha value is -2.58. The number of hydrogen-bond donors (Lipinski definition) is 1. The molecule has 3 heterocycles. The molecule has 0 saturated carbocycles. The average Bonchev–Trinajstić information content (AvgIpc) is 3.56. The van der Waals surface area contributed by atoms with Crippen LogP contribution in [0.4, 0.5) is 0 Å². The molecule has 8 heteroatoms. The van der Waals surface area contributed by atoms with Gasteiger partial charge in [0.25, 0.3) is 0 Å². The van der Waals surface area contributed by atoms with E-state index in [1.807, 2.05) is 35.2 Å². The maximum absolute atomic E-state index is 15.0. The Labute approximate surface area is 256 Å². The number of carbonyl (C=O) groups excluding carboxylic acids is 3. The van der Waals surface area contributed by atoms with Crippen molar-refractivity contribution in [1.82, 2.24) is 14.7 Å². The molecule has 0 aliphatic carbocycles. The van der Waals surface area contributed by atoms with Crippen molar-refractivity contribution in [3.05, 3.63) is 61.2 Å². The average molecular weight is 596 g/mol. The number of amides is 3. The van der Waals surface area contributed by atoms with Crippen molar-refractivity contribution < 1.29 is 19.5 Å². The summed E-state index contributed by atoms with van der Waals surface area (Å²) in [6.07, 6.45) is 6.08. The van der Waals surface area contributed by atoms with Gasteiger partial charge in [-0.2, -0.15) is 0 Å². The van der Waals surface area contributed by atoms with Crippen molar-refractivity contribution in [2.45, 2.75) is 87.9 Å². The van der Waals surface area contributed by atoms with Crippen molar-refractivity contribution in [3.8, 4) is 0 Å². The number of hydrogen-bond acceptors (Lipinski definition) is 5. The fourth-order valence-electron chi connectivity index (χ4n) is 8.03. The minimum Gasteiger partial charge on any atom is -0.394 e. The number of likely N-dealkylation sites (N-methyl/N-ethyl adjacent to an activating group) is 1. The van der Waals surface area contributed by atoms with Gasteiger partial charge in [0.2, 0.25) is 17.7 Å². The first-order chi connectivity index (χ1) is 19.7. The Bertz CT molecular complexity index is 1190. The fraction of sp³-hybridized carbons (Fsp3) is 0.618. The lowest BCUT2D eigenvalue weighted by atomic mass is 9.70. The van der Waals surface area contributed by atoms with Gasteiger partial charge in [-0.1, -0.05) is 63.3 Å². The van der Waals surface area contributed by atoms with E-state index in [2.05, 4.69) is 47.8 Å². The van der Waals surface area contributed by atoms with Gasteiger partial charge >= 0.3 is 0 Å². The molecule has 2 bridgehead atoms. The summed E-state index contributed by atoms with van der Waals surface area (Å²) in [6, 6.07) is 8.39. The number of aliphatic hydroxyl groups is 1. The zero-order valence-corrected chi connectivity index (χ0v) is 27.0. The number of aliphatic hydroxyl groups excluding tert-OH is 1. The molecule has 3 fully saturated rings. The SMILES string of the molecule is C=CCN(C)C(=O)[C@@H]1[C@H]2C(=O)N([C@@H](CO)Cc3ccccc3)C(C(=O)N(CC=C)C(C)(C)CC(C)(C)C)C23CC[C@H]1S3. The molecule has 3 saturated heterocycles. The topological polar surface area (TPSA) is 81.2 Å². The Balaban J connectivity index is 1.83. The van der Waals surface area contributed by atoms with Gasteiger partial charge in [0, 0.05) is 30.9 Å². The van der Waals surface area contributed by atoms with Crippen LogP contribution in [-0.2, 0) is 20.8 Å². The molecule has 1 aromatic rings. The predicted octanol–water partition coefficient (Wildman–Crippen LogP) is 4.56. The minimum absolute atomic E-state index is 0.0201. The van der Waals surface area contributed by atoms with Gasteiger partial charge in [-0.25, -0.2) is 0 Å². The molecule has 2 unspecified atom stereocenters. The molecule has 6 atom stereocenters. The van der Waals surface area contributed by atoms with E-state index >= 15 is 4.79 Å². The van der Waals surface area contributed by atoms with Crippen LogP contribution in [0.15, 0.2) is 55.6 Å². The standard InChI is InChI=1S/C34H49N3O4S/c1-9-18-35(8)29(39)26-25-16-17-34(42-25)27(26)30(40)37(24(21-38)20-23-14-12-11-13-15-23)28(34)31(41)36(19-10-2)33(6,7)22-32(3,4)5/h9-15,24-28,38H,1-2,16-22H2,3-8H3/t24-,25-,26+,27+,28?,34?/m1/s1. The molecule has 4 rings (SSSR count). The Morgan fingerprint density at radius 3 is 2.33 bits per heavy atom. The molecule has 1 spiro atoms. The van der Waals surface area contributed by atoms with E-state index in [9.17, 15) is 14.7 Å². The third-order valence-corrected chi connectivity index (χ3v) is 11.2. The molecule has 230 valence electrons. The molecule has 3 aliphatic rings. The lowest BCUT2D eigenvalue weighted by Gasteiger charge is -2.46. The smallest absolute Gasteiger partial charge is 0.247 e. The first-order valence-corrected chi connectivity index (χ1v) is 16.0. The highest BCUT2D eigenvalue weighted by atomic mass is 32.2. The van der Waals surface area contributed by atoms with Crippen molar-refractivity contribution >= 4 is 29.5 Å². The van der Waals surface area contributed by atoms with Crippen LogP contribution in [0.3, 0.4) is 0 Å². The highest BCUT2D eigenvalue weighted by Crippen LogP contribution is 2.67. The normalized spacial score (nSPS) is 27.5. The predicted molar refractivity (Wildman–Crippen MR) is 170 cm³/mol. The Morgan fingerprint density at radius 2 is 1.76 bits per heavy atom. The van der Waals surface area contributed by atoms with Crippen molar-refractivity contribution in [2.24, 2.45) is 17.3 Å². The molecule has 7 nitrogen and oxygen atoms in total. The highest BCUT2D eigenvalue weighted by Gasteiger charge is 2.74. The Kier molecular flexibility index (Phi) is 9.39. The molecule has 3 amide bonds. The maximum Gasteiger partial charge on any atom is 0.247 e. The van der Waals surface area contributed by atoms with Gasteiger partial charge in [-0.15, -0.1) is 24.9 Å². The van der Waals surface area contributed by atoms with E-state index < -0.39 is 34.2 Å². The van der Waals surface area contributed by atoms with Gasteiger partial charge in [0.15, 0.2) is 0 Å². The first-order valence-electron chi connectivity index (χ1n) is 15.2. The molecule has 0 radical (unpaired) electrons. The van der Waals surface area contributed by atoms with Crippen molar-refractivity contribution in [2.75, 3.05) is 26.7 Å². The van der Waals surface area contributed by atoms with Crippen LogP contribution in [0, 0.1) is 17.3 Å². The van der Waals surface area contributed by atoms with Gasteiger partial charge in [-0.05, 0) is 50.5 Å². The van der Waals surface area contributed by atoms with Crippen LogP contribution in [0.5, 0.6) is 0 Å². The van der Waals surface area contributed by atoms with Gasteiger partial charge in [0.1, 0.15) is 6.04 Å². The second-order valence-electron chi connectivity index (χ2n) is 14.1. The summed E-state index contributed by atoms with van der Waals surface area (Å²) in [7, 11) is 1.75. The van der Waals surface area contributed by atoms with Crippen molar-refractivity contribution in [1.29, 1.82) is 0 Å². The second-order valence-corrected chi connectivity index (χ2v) is 15.7. The van der Waals surface area contributed by atoms with Crippen LogP contribution in [0.25, 0.3) is 0 Å². The highest BCUT2D eigenvalue weighted by molar-refractivity contribution is 8.02. The molecule has 1 N–H and O–H groups in total. The summed E-state index contributed by atoms with van der Waals surface area (Å²) in [5.41, 5.74) is 0.433. The number of likely N-dealkylation sites (tertiary alicyclic amines) is 1. The number of thioether (sulfide) groups is 1. The summed E-state index contributed by atoms with van der Waals surface area (Å²) in [4.78, 5) is 48.7. The summed E-state index contributed by atoms with van der Waals surface area (Å²) in [5.74, 6) is -1.49. The number of nitrogens with zero attached hydrogens (tertiary/aromatic N) is 3. The molecule has 42 heavy (non-hydrogen) atoms. The van der Waals surface area contributed by atoms with E-state index in [1.165, 1.54) is 0 Å². The van der Waals surface area contributed by atoms with Crippen LogP contribution in [-0.4, -0.2) is 91.9 Å². The van der Waals surface area contributed by atoms with Gasteiger partial charge in [0.05, 0.1) is 29.2 Å². The van der Waals surface area contributed by atoms with E-state index in [-0.39, 0.29) is 35.0 Å². The summed E-state index contributed by atoms with van der Waals surface area (Å²) in [6.45, 7) is 18.9. The number of carbonyl (C=O) groups is 3. The zero-order chi connectivity index (χ0) is 31.0. The van der Waals surface area contributed by atoms with E-state index in [1.54, 1.807) is 40.8 Å². The van der Waals surface area contributed by atoms with E-state index in [0.717, 1.165) is 18.4 Å². The van der Waals surface area contributed by atoms with Crippen LogP contribution in [0.1, 0.15) is 59.4 Å². The third-order valence-electron chi connectivity index (χ3n) is 9.23. The molecule has 0 aromatic heterocycles. The molecule has 1 aromatic carbocycles. The number of fused-ring (bicyclic) bond motifs is 1. The van der Waals surface area contributed by atoms with Crippen LogP contribution >= 0.6 is 11.8 Å². The number of rotatable bonds is 12. The quantitative estimate of drug-likeness (QED) is 0.359. The van der Waals surface area contributed by atoms with Crippen LogP contribution in [0.2, 0.25) is 0 Å². The van der Waals surface area contributed by atoms with Gasteiger partial charge < -0.3 is 19.8 Å².